The largest absolute Gasteiger partial charge is 0.481 e. The molecule has 1 aromatic carbocycles. The summed E-state index contributed by atoms with van der Waals surface area (Å²) in [7, 11) is 3.57. The van der Waals surface area contributed by atoms with Crippen LogP contribution in [0.4, 0.5) is 5.69 Å². The first-order chi connectivity index (χ1) is 25.5. The van der Waals surface area contributed by atoms with Crippen LogP contribution in [0.15, 0.2) is 29.6 Å². The highest BCUT2D eigenvalue weighted by molar-refractivity contribution is 7.09. The molecule has 2 rings (SSSR count). The van der Waals surface area contributed by atoms with Gasteiger partial charge in [-0.15, -0.1) is 11.3 Å². The summed E-state index contributed by atoms with van der Waals surface area (Å²) in [6.07, 6.45) is 3.18. The number of carboxylic acid groups (broad SMARTS) is 1. The van der Waals surface area contributed by atoms with Crippen molar-refractivity contribution in [2.24, 2.45) is 17.8 Å². The van der Waals surface area contributed by atoms with Crippen LogP contribution in [0.1, 0.15) is 114 Å². The first-order valence-electron chi connectivity index (χ1n) is 18.6. The molecule has 6 atom stereocenters. The zero-order valence-electron chi connectivity index (χ0n) is 32.8. The van der Waals surface area contributed by atoms with Crippen LogP contribution in [-0.4, -0.2) is 88.3 Å². The predicted molar refractivity (Wildman–Crippen MR) is 206 cm³/mol. The highest BCUT2D eigenvalue weighted by atomic mass is 32.1. The monoisotopic (exact) mass is 774 g/mol. The molecule has 300 valence electrons. The third-order valence-corrected chi connectivity index (χ3v) is 10.5. The summed E-state index contributed by atoms with van der Waals surface area (Å²) in [4.78, 5) is 81.1. The normalized spacial score (nSPS) is 14.6. The van der Waals surface area contributed by atoms with Gasteiger partial charge in [0.05, 0.1) is 10.8 Å². The molecule has 16 heteroatoms. The maximum Gasteiger partial charge on any atom is 0.306 e. The molecular formula is C38H58N6O9S. The number of ether oxygens (including phenoxy) is 1. The van der Waals surface area contributed by atoms with Gasteiger partial charge in [-0.2, -0.15) is 0 Å². The number of rotatable bonds is 24. The molecule has 1 heterocycles. The van der Waals surface area contributed by atoms with E-state index >= 15 is 0 Å². The Labute approximate surface area is 322 Å². The van der Waals surface area contributed by atoms with Crippen LogP contribution in [0.5, 0.6) is 0 Å². The second-order valence-corrected chi connectivity index (χ2v) is 15.2. The van der Waals surface area contributed by atoms with Crippen molar-refractivity contribution in [3.05, 3.63) is 56.0 Å². The second-order valence-electron chi connectivity index (χ2n) is 14.3. The second kappa shape index (κ2) is 22.7. The molecule has 0 fully saturated rings. The lowest BCUT2D eigenvalue weighted by atomic mass is 9.93. The summed E-state index contributed by atoms with van der Waals surface area (Å²) in [5.41, 5.74) is 0.626. The molecular weight excluding hydrogens is 717 g/mol. The van der Waals surface area contributed by atoms with Gasteiger partial charge in [0, 0.05) is 56.4 Å². The Bertz CT molecular complexity index is 1550. The number of aromatic nitrogens is 1. The van der Waals surface area contributed by atoms with Crippen molar-refractivity contribution >= 4 is 46.7 Å². The van der Waals surface area contributed by atoms with E-state index in [1.165, 1.54) is 31.4 Å². The first-order valence-corrected chi connectivity index (χ1v) is 19.5. The number of carbonyl (C=O) groups excluding carboxylic acids is 4. The fourth-order valence-corrected chi connectivity index (χ4v) is 6.97. The predicted octanol–water partition coefficient (Wildman–Crippen LogP) is 5.29. The van der Waals surface area contributed by atoms with Gasteiger partial charge in [0.25, 0.3) is 11.6 Å². The maximum absolute atomic E-state index is 14.0. The van der Waals surface area contributed by atoms with Crippen LogP contribution in [-0.2, 0) is 30.3 Å². The molecule has 0 aliphatic carbocycles. The van der Waals surface area contributed by atoms with E-state index in [1.54, 1.807) is 24.1 Å². The van der Waals surface area contributed by atoms with E-state index in [9.17, 15) is 39.2 Å². The number of benzene rings is 1. The zero-order chi connectivity index (χ0) is 40.5. The third-order valence-electron chi connectivity index (χ3n) is 9.56. The highest BCUT2D eigenvalue weighted by Crippen LogP contribution is 2.31. The summed E-state index contributed by atoms with van der Waals surface area (Å²) in [6.45, 7) is 11.5. The Morgan fingerprint density at radius 2 is 1.69 bits per heavy atom. The molecule has 0 radical (unpaired) electrons. The zero-order valence-corrected chi connectivity index (χ0v) is 33.6. The lowest BCUT2D eigenvalue weighted by molar-refractivity contribution is -0.384. The van der Waals surface area contributed by atoms with E-state index in [2.05, 4.69) is 20.9 Å². The number of nitro benzene ring substituents is 1. The number of hydrogen-bond donors (Lipinski definition) is 4. The average molecular weight is 775 g/mol. The minimum atomic E-state index is -1.03. The Morgan fingerprint density at radius 3 is 2.24 bits per heavy atom. The van der Waals surface area contributed by atoms with Crippen LogP contribution >= 0.6 is 11.3 Å². The number of carboxylic acids is 1. The number of nitro groups is 1. The third kappa shape index (κ3) is 14.8. The van der Waals surface area contributed by atoms with Gasteiger partial charge in [-0.1, -0.05) is 59.6 Å². The molecule has 54 heavy (non-hydrogen) atoms. The van der Waals surface area contributed by atoms with Crippen molar-refractivity contribution in [3.8, 4) is 0 Å². The van der Waals surface area contributed by atoms with E-state index in [0.717, 1.165) is 37.1 Å². The van der Waals surface area contributed by atoms with Crippen LogP contribution in [0.2, 0.25) is 0 Å². The molecule has 3 amide bonds. The molecule has 0 saturated heterocycles. The molecule has 15 nitrogen and oxygen atoms in total. The minimum absolute atomic E-state index is 0.0415. The highest BCUT2D eigenvalue weighted by Gasteiger charge is 2.35. The molecule has 0 spiro atoms. The van der Waals surface area contributed by atoms with Gasteiger partial charge in [-0.3, -0.25) is 34.1 Å². The van der Waals surface area contributed by atoms with Crippen molar-refractivity contribution in [3.63, 3.8) is 0 Å². The Kier molecular flexibility index (Phi) is 19.2. The number of non-ortho nitro benzene ring substituents is 1. The molecule has 4 N–H and O–H groups in total. The molecule has 0 aliphatic heterocycles. The van der Waals surface area contributed by atoms with Crippen molar-refractivity contribution in [2.75, 3.05) is 20.6 Å². The van der Waals surface area contributed by atoms with Gasteiger partial charge in [-0.25, -0.2) is 4.98 Å². The molecule has 0 bridgehead atoms. The summed E-state index contributed by atoms with van der Waals surface area (Å²) in [5, 5.41) is 31.4. The van der Waals surface area contributed by atoms with Crippen molar-refractivity contribution in [2.45, 2.75) is 117 Å². The number of carbonyl (C=O) groups is 5. The number of likely N-dealkylation sites (N-methyl/N-ethyl adjacent to an activating group) is 1. The number of aliphatic carboxylic acids is 1. The van der Waals surface area contributed by atoms with Gasteiger partial charge in [0.1, 0.15) is 16.7 Å². The topological polar surface area (TPSA) is 210 Å². The van der Waals surface area contributed by atoms with E-state index < -0.39 is 52.9 Å². The molecule has 1 aromatic heterocycles. The number of esters is 1. The van der Waals surface area contributed by atoms with E-state index in [-0.39, 0.29) is 54.3 Å². The Morgan fingerprint density at radius 1 is 1.02 bits per heavy atom. The van der Waals surface area contributed by atoms with Crippen molar-refractivity contribution in [1.29, 1.82) is 0 Å². The van der Waals surface area contributed by atoms with Gasteiger partial charge in [-0.05, 0) is 56.7 Å². The molecule has 0 unspecified atom stereocenters. The summed E-state index contributed by atoms with van der Waals surface area (Å²) >= 11 is 1.12. The van der Waals surface area contributed by atoms with E-state index in [0.29, 0.717) is 23.4 Å². The van der Waals surface area contributed by atoms with Crippen LogP contribution in [0.3, 0.4) is 0 Å². The van der Waals surface area contributed by atoms with Crippen molar-refractivity contribution < 1.29 is 38.7 Å². The average Bonchev–Trinajstić information content (AvgIpc) is 3.62. The van der Waals surface area contributed by atoms with Gasteiger partial charge in [0.15, 0.2) is 6.10 Å². The van der Waals surface area contributed by atoms with Crippen molar-refractivity contribution in [1.82, 2.24) is 25.8 Å². The van der Waals surface area contributed by atoms with Crippen LogP contribution in [0.25, 0.3) is 0 Å². The van der Waals surface area contributed by atoms with Gasteiger partial charge in [0.2, 0.25) is 11.8 Å². The summed E-state index contributed by atoms with van der Waals surface area (Å²) in [5.74, 6) is -3.59. The number of nitrogens with one attached hydrogen (secondary N) is 3. The van der Waals surface area contributed by atoms with E-state index in [1.807, 2.05) is 34.7 Å². The number of unbranched alkanes of at least 4 members (excludes halogenated alkanes) is 2. The number of thiazole rings is 1. The lowest BCUT2D eigenvalue weighted by Crippen LogP contribution is -2.54. The molecule has 2 aromatic rings. The van der Waals surface area contributed by atoms with Gasteiger partial charge >= 0.3 is 11.9 Å². The summed E-state index contributed by atoms with van der Waals surface area (Å²) < 4.78 is 5.72. The van der Waals surface area contributed by atoms with E-state index in [4.69, 9.17) is 4.74 Å². The maximum atomic E-state index is 14.0. The van der Waals surface area contributed by atoms with Crippen LogP contribution < -0.4 is 16.0 Å². The quantitative estimate of drug-likeness (QED) is 0.0466. The first kappa shape index (κ1) is 45.7. The number of nitrogens with zero attached hydrogens (tertiary/aromatic N) is 3. The lowest BCUT2D eigenvalue weighted by Gasteiger charge is -2.37. The summed E-state index contributed by atoms with van der Waals surface area (Å²) in [6, 6.07) is 4.01. The fourth-order valence-electron chi connectivity index (χ4n) is 6.13. The molecule has 0 saturated carbocycles. The SMILES string of the molecule is CC[C@H](C)[C@H](NC(=O)CCCCCNC)C(=O)N(C)[C@H](C[C@@H](OC(C)=O)c1nc(C(=O)N[C@@H](Cc2ccc([N+](=O)[O-])cc2)C[C@H](C)C(=O)O)cs1)C(C)C. The Hall–Kier alpha value is -4.44. The minimum Gasteiger partial charge on any atom is -0.481 e. The standard InChI is InChI=1S/C38H58N6O9S/c1-9-24(4)34(42-33(46)13-11-10-12-18-39-7)37(48)43(8)31(23(2)3)21-32(53-26(6)45)36-41-30(22-54-36)35(47)40-28(19-25(5)38(49)50)20-27-14-16-29(17-15-27)44(51)52/h14-17,22-25,28,31-32,34,39H,9-13,18-21H2,1-8H3,(H,40,47)(H,42,46)(H,49,50)/t24-,25-,28+,31+,32+,34-/m0/s1. The molecule has 0 aliphatic rings. The number of hydrogen-bond acceptors (Lipinski definition) is 11. The number of amides is 3. The van der Waals surface area contributed by atoms with Crippen LogP contribution in [0, 0.1) is 27.9 Å². The van der Waals surface area contributed by atoms with Gasteiger partial charge < -0.3 is 30.7 Å². The smallest absolute Gasteiger partial charge is 0.306 e. The Balaban J connectivity index is 2.28. The fraction of sp³-hybridized carbons (Fsp3) is 0.632.